The molecule has 0 amide bonds. The largest absolute Gasteiger partial charge is 0.462 e. The van der Waals surface area contributed by atoms with Crippen LogP contribution in [0.3, 0.4) is 0 Å². The molecule has 2 N–H and O–H groups in total. The van der Waals surface area contributed by atoms with Crippen molar-refractivity contribution in [1.82, 2.24) is 0 Å². The molecule has 0 aromatic heterocycles. The van der Waals surface area contributed by atoms with Gasteiger partial charge in [0.15, 0.2) is 0 Å². The van der Waals surface area contributed by atoms with E-state index < -0.39 is 0 Å². The van der Waals surface area contributed by atoms with Gasteiger partial charge in [-0.05, 0) is 13.8 Å². The Morgan fingerprint density at radius 1 is 0.895 bits per heavy atom. The van der Waals surface area contributed by atoms with Crippen LogP contribution in [0.25, 0.3) is 0 Å². The van der Waals surface area contributed by atoms with Gasteiger partial charge in [-0.3, -0.25) is 0 Å². The first-order valence-electron chi connectivity index (χ1n) is 6.60. The summed E-state index contributed by atoms with van der Waals surface area (Å²) in [5.74, 6) is 0.784. The first-order valence-corrected chi connectivity index (χ1v) is 6.60. The van der Waals surface area contributed by atoms with E-state index in [9.17, 15) is 0 Å². The summed E-state index contributed by atoms with van der Waals surface area (Å²) >= 11 is 0. The van der Waals surface area contributed by atoms with Crippen molar-refractivity contribution in [3.05, 3.63) is 24.7 Å². The van der Waals surface area contributed by atoms with Gasteiger partial charge in [0, 0.05) is 39.3 Å². The molecule has 0 radical (unpaired) electrons. The lowest BCUT2D eigenvalue weighted by molar-refractivity contribution is 0.00488. The Morgan fingerprint density at radius 2 is 1.26 bits per heavy atom. The fourth-order valence-corrected chi connectivity index (χ4v) is 1.61. The van der Waals surface area contributed by atoms with Gasteiger partial charge in [0.2, 0.25) is 0 Å². The molecule has 0 aliphatic rings. The van der Waals surface area contributed by atoms with E-state index in [2.05, 4.69) is 13.2 Å². The molecule has 112 valence electrons. The van der Waals surface area contributed by atoms with Crippen molar-refractivity contribution in [2.45, 2.75) is 38.9 Å². The van der Waals surface area contributed by atoms with Gasteiger partial charge in [0.25, 0.3) is 0 Å². The van der Waals surface area contributed by atoms with Gasteiger partial charge in [-0.1, -0.05) is 13.2 Å². The molecule has 19 heavy (non-hydrogen) atoms. The quantitative estimate of drug-likeness (QED) is 0.529. The Morgan fingerprint density at radius 3 is 1.53 bits per heavy atom. The van der Waals surface area contributed by atoms with Crippen LogP contribution in [0.5, 0.6) is 0 Å². The minimum absolute atomic E-state index is 0.00888. The van der Waals surface area contributed by atoms with Crippen molar-refractivity contribution in [3.8, 4) is 0 Å². The van der Waals surface area contributed by atoms with Crippen LogP contribution < -0.4 is 0 Å². The monoisotopic (exact) mass is 274 g/mol. The summed E-state index contributed by atoms with van der Waals surface area (Å²) in [7, 11) is 0. The van der Waals surface area contributed by atoms with Crippen molar-refractivity contribution in [2.24, 2.45) is 0 Å². The summed E-state index contributed by atoms with van der Waals surface area (Å²) in [4.78, 5) is 0. The number of rotatable bonds is 12. The molecule has 0 aliphatic heterocycles. The van der Waals surface area contributed by atoms with Crippen molar-refractivity contribution < 1.29 is 24.4 Å². The first kappa shape index (κ1) is 18.1. The smallest absolute Gasteiger partial charge is 0.125 e. The predicted molar refractivity (Wildman–Crippen MR) is 73.6 cm³/mol. The lowest BCUT2D eigenvalue weighted by Crippen LogP contribution is -2.23. The van der Waals surface area contributed by atoms with Gasteiger partial charge in [-0.2, -0.15) is 0 Å². The van der Waals surface area contributed by atoms with E-state index in [1.807, 2.05) is 13.8 Å². The third-order valence-electron chi connectivity index (χ3n) is 2.50. The molecule has 0 heterocycles. The van der Waals surface area contributed by atoms with Crippen molar-refractivity contribution >= 4 is 0 Å². The summed E-state index contributed by atoms with van der Waals surface area (Å²) in [5, 5.41) is 17.9. The fraction of sp³-hybridized carbons (Fsp3) is 0.714. The molecule has 0 aliphatic carbocycles. The zero-order chi connectivity index (χ0) is 14.7. The summed E-state index contributed by atoms with van der Waals surface area (Å²) < 4.78 is 16.4. The van der Waals surface area contributed by atoms with Crippen molar-refractivity contribution in [3.63, 3.8) is 0 Å². The lowest BCUT2D eigenvalue weighted by Gasteiger charge is -2.24. The summed E-state index contributed by atoms with van der Waals surface area (Å²) in [6.45, 7) is 12.3. The minimum Gasteiger partial charge on any atom is -0.462 e. The fourth-order valence-electron chi connectivity index (χ4n) is 1.61. The number of ether oxygens (including phenoxy) is 3. The van der Waals surface area contributed by atoms with Gasteiger partial charge in [-0.15, -0.1) is 0 Å². The van der Waals surface area contributed by atoms with Crippen LogP contribution in [0.2, 0.25) is 0 Å². The topological polar surface area (TPSA) is 68.2 Å². The molecule has 5 heteroatoms. The van der Waals surface area contributed by atoms with Gasteiger partial charge >= 0.3 is 0 Å². The number of hydrogen-bond donors (Lipinski definition) is 2. The van der Waals surface area contributed by atoms with Crippen LogP contribution in [-0.4, -0.2) is 48.8 Å². The van der Waals surface area contributed by atoms with Crippen molar-refractivity contribution in [2.75, 3.05) is 26.4 Å². The number of aliphatic hydroxyl groups excluding tert-OH is 2. The average molecular weight is 274 g/mol. The molecule has 2 unspecified atom stereocenters. The number of aliphatic hydroxyl groups is 2. The second-order valence-corrected chi connectivity index (χ2v) is 3.95. The standard InChI is InChI=1S/C14H26O5/c1-5-17-13(7-9-15)11(3)19-12(4)14(8-10-16)18-6-2/h13-16H,3-10H2,1-2H3. The van der Waals surface area contributed by atoms with Gasteiger partial charge in [0.1, 0.15) is 23.7 Å². The SMILES string of the molecule is C=C(OC(=C)C(CCO)OCC)C(CCO)OCC. The van der Waals surface area contributed by atoms with Crippen LogP contribution in [0.1, 0.15) is 26.7 Å². The zero-order valence-electron chi connectivity index (χ0n) is 11.9. The van der Waals surface area contributed by atoms with E-state index in [0.29, 0.717) is 37.6 Å². The molecule has 0 fully saturated rings. The molecule has 0 bridgehead atoms. The normalized spacial score (nSPS) is 13.9. The molecule has 0 spiro atoms. The van der Waals surface area contributed by atoms with E-state index in [-0.39, 0.29) is 25.4 Å². The molecular weight excluding hydrogens is 248 g/mol. The summed E-state index contributed by atoms with van der Waals surface area (Å²) in [6.07, 6.45) is 0.0877. The van der Waals surface area contributed by atoms with Crippen LogP contribution in [0.15, 0.2) is 24.7 Å². The average Bonchev–Trinajstić information content (AvgIpc) is 2.38. The Labute approximate surface area is 115 Å². The van der Waals surface area contributed by atoms with E-state index >= 15 is 0 Å². The van der Waals surface area contributed by atoms with E-state index in [0.717, 1.165) is 0 Å². The molecular formula is C14H26O5. The second-order valence-electron chi connectivity index (χ2n) is 3.95. The lowest BCUT2D eigenvalue weighted by atomic mass is 10.2. The third-order valence-corrected chi connectivity index (χ3v) is 2.50. The highest BCUT2D eigenvalue weighted by Crippen LogP contribution is 2.18. The van der Waals surface area contributed by atoms with Crippen molar-refractivity contribution in [1.29, 1.82) is 0 Å². The molecule has 0 saturated carbocycles. The Kier molecular flexibility index (Phi) is 10.5. The highest BCUT2D eigenvalue weighted by molar-refractivity contribution is 5.03. The third kappa shape index (κ3) is 7.32. The van der Waals surface area contributed by atoms with E-state index in [1.54, 1.807) is 0 Å². The molecule has 5 nitrogen and oxygen atoms in total. The first-order chi connectivity index (χ1) is 9.10. The van der Waals surface area contributed by atoms with E-state index in [1.165, 1.54) is 0 Å². The zero-order valence-corrected chi connectivity index (χ0v) is 11.9. The van der Waals surface area contributed by atoms with Crippen LogP contribution in [0.4, 0.5) is 0 Å². The highest BCUT2D eigenvalue weighted by Gasteiger charge is 2.19. The highest BCUT2D eigenvalue weighted by atomic mass is 16.6. The van der Waals surface area contributed by atoms with Gasteiger partial charge in [0.05, 0.1) is 0 Å². The van der Waals surface area contributed by atoms with Crippen LogP contribution in [0, 0.1) is 0 Å². The molecule has 0 rings (SSSR count). The maximum Gasteiger partial charge on any atom is 0.125 e. The molecule has 0 saturated heterocycles. The van der Waals surface area contributed by atoms with Crippen LogP contribution in [-0.2, 0) is 14.2 Å². The number of hydrogen-bond acceptors (Lipinski definition) is 5. The van der Waals surface area contributed by atoms with Gasteiger partial charge < -0.3 is 24.4 Å². The maximum absolute atomic E-state index is 8.97. The Hall–Kier alpha value is -0.880. The molecule has 0 aromatic rings. The van der Waals surface area contributed by atoms with E-state index in [4.69, 9.17) is 24.4 Å². The summed E-state index contributed by atoms with van der Waals surface area (Å²) in [6, 6.07) is 0. The van der Waals surface area contributed by atoms with Crippen LogP contribution >= 0.6 is 0 Å². The molecule has 2 atom stereocenters. The van der Waals surface area contributed by atoms with Gasteiger partial charge in [-0.25, -0.2) is 0 Å². The second kappa shape index (κ2) is 11.0. The Bertz CT molecular complexity index is 227. The minimum atomic E-state index is -0.372. The summed E-state index contributed by atoms with van der Waals surface area (Å²) in [5.41, 5.74) is 0. The maximum atomic E-state index is 8.97. The molecule has 0 aromatic carbocycles. The predicted octanol–water partition coefficient (Wildman–Crippen LogP) is 1.61. The Balaban J connectivity index is 4.43.